The molecule has 0 atom stereocenters. The normalized spacial score (nSPS) is 25.6. The molecule has 2 aromatic heterocycles. The summed E-state index contributed by atoms with van der Waals surface area (Å²) in [5.74, 6) is -0.172. The molecular formula is C34H46F2N10O2. The Labute approximate surface area is 279 Å². The van der Waals surface area contributed by atoms with Gasteiger partial charge in [0, 0.05) is 76.3 Å². The number of piperazine rings is 2. The SMILES string of the molecule is CN1CCN(C(=O)[C@H]2CC[C@H](Nc3ncc4nc(Nc5c(F)cccc5F)n([C@H]5CC[C@@H](C(=O)N6CCNCC6)CC5)c4n3)CC2)CC1. The minimum atomic E-state index is -0.714. The lowest BCUT2D eigenvalue weighted by atomic mass is 9.85. The van der Waals surface area contributed by atoms with Crippen LogP contribution in [0.25, 0.3) is 11.2 Å². The molecule has 4 fully saturated rings. The van der Waals surface area contributed by atoms with Crippen LogP contribution >= 0.6 is 0 Å². The molecule has 3 aromatic rings. The number of carbonyl (C=O) groups is 2. The number of carbonyl (C=O) groups excluding carboxylic acids is 2. The van der Waals surface area contributed by atoms with Gasteiger partial charge in [-0.25, -0.2) is 18.7 Å². The highest BCUT2D eigenvalue weighted by Crippen LogP contribution is 2.38. The van der Waals surface area contributed by atoms with E-state index in [9.17, 15) is 18.4 Å². The van der Waals surface area contributed by atoms with Gasteiger partial charge in [-0.1, -0.05) is 6.07 Å². The quantitative estimate of drug-likeness (QED) is 0.347. The van der Waals surface area contributed by atoms with Crippen LogP contribution in [0.1, 0.15) is 57.4 Å². The number of hydrogen-bond donors (Lipinski definition) is 3. The number of amides is 2. The van der Waals surface area contributed by atoms with Crippen molar-refractivity contribution >= 4 is 40.6 Å². The van der Waals surface area contributed by atoms with E-state index in [1.807, 2.05) is 14.4 Å². The van der Waals surface area contributed by atoms with E-state index in [1.165, 1.54) is 18.2 Å². The van der Waals surface area contributed by atoms with Gasteiger partial charge in [0.2, 0.25) is 23.7 Å². The highest BCUT2D eigenvalue weighted by Gasteiger charge is 2.34. The second kappa shape index (κ2) is 14.3. The molecule has 48 heavy (non-hydrogen) atoms. The van der Waals surface area contributed by atoms with Gasteiger partial charge in [0.25, 0.3) is 0 Å². The molecule has 4 heterocycles. The number of benzene rings is 1. The molecule has 0 spiro atoms. The molecule has 1 aromatic carbocycles. The molecule has 12 nitrogen and oxygen atoms in total. The number of hydrogen-bond acceptors (Lipinski definition) is 9. The largest absolute Gasteiger partial charge is 0.351 e. The summed E-state index contributed by atoms with van der Waals surface area (Å²) in [6.07, 6.45) is 7.82. The van der Waals surface area contributed by atoms with Gasteiger partial charge in [0.05, 0.1) is 6.20 Å². The van der Waals surface area contributed by atoms with Crippen molar-refractivity contribution in [3.05, 3.63) is 36.0 Å². The van der Waals surface area contributed by atoms with Gasteiger partial charge in [0.15, 0.2) is 5.65 Å². The van der Waals surface area contributed by atoms with Gasteiger partial charge < -0.3 is 30.7 Å². The Kier molecular flexibility index (Phi) is 9.71. The molecule has 2 saturated carbocycles. The zero-order valence-corrected chi connectivity index (χ0v) is 27.6. The van der Waals surface area contributed by atoms with E-state index < -0.39 is 11.6 Å². The second-order valence-corrected chi connectivity index (χ2v) is 13.8. The van der Waals surface area contributed by atoms with Crippen molar-refractivity contribution in [3.8, 4) is 0 Å². The van der Waals surface area contributed by atoms with Crippen LogP contribution in [0.4, 0.5) is 26.4 Å². The van der Waals surface area contributed by atoms with E-state index in [0.29, 0.717) is 48.7 Å². The molecule has 0 radical (unpaired) electrons. The van der Waals surface area contributed by atoms with E-state index in [-0.39, 0.29) is 41.4 Å². The molecular weight excluding hydrogens is 618 g/mol. The van der Waals surface area contributed by atoms with Gasteiger partial charge in [-0.2, -0.15) is 4.98 Å². The third-order valence-electron chi connectivity index (χ3n) is 10.7. The van der Waals surface area contributed by atoms with Crippen molar-refractivity contribution in [1.82, 2.24) is 39.5 Å². The van der Waals surface area contributed by atoms with Crippen LogP contribution in [0.5, 0.6) is 0 Å². The third-order valence-corrected chi connectivity index (χ3v) is 10.7. The highest BCUT2D eigenvalue weighted by molar-refractivity contribution is 5.80. The average Bonchev–Trinajstić information content (AvgIpc) is 3.47. The Morgan fingerprint density at radius 2 is 1.42 bits per heavy atom. The Bertz CT molecular complexity index is 1580. The minimum Gasteiger partial charge on any atom is -0.351 e. The summed E-state index contributed by atoms with van der Waals surface area (Å²) in [6, 6.07) is 3.81. The van der Waals surface area contributed by atoms with Gasteiger partial charge in [-0.15, -0.1) is 0 Å². The molecule has 3 N–H and O–H groups in total. The number of aromatic nitrogens is 4. The molecule has 2 aliphatic carbocycles. The van der Waals surface area contributed by atoms with Crippen molar-refractivity contribution in [1.29, 1.82) is 0 Å². The number of fused-ring (bicyclic) bond motifs is 1. The third kappa shape index (κ3) is 6.95. The molecule has 0 bridgehead atoms. The number of rotatable bonds is 7. The van der Waals surface area contributed by atoms with Crippen molar-refractivity contribution < 1.29 is 18.4 Å². The molecule has 2 aliphatic heterocycles. The standard InChI is InChI=1S/C34H46F2N10O2/c1-43-17-19-45(20-18-43)32(48)22-5-9-24(10-6-22)39-33-38-21-28-30(42-33)46(34(40-28)41-29-26(35)3-2-4-27(29)36)25-11-7-23(8-12-25)31(47)44-15-13-37-14-16-44/h2-4,21-25,37H,5-20H2,1H3,(H,40,41)(H,38,39,42)/t22-,23-,24-,25+. The molecule has 2 saturated heterocycles. The molecule has 258 valence electrons. The summed E-state index contributed by atoms with van der Waals surface area (Å²) in [5.41, 5.74) is 0.814. The topological polar surface area (TPSA) is 124 Å². The van der Waals surface area contributed by atoms with Crippen molar-refractivity contribution in [3.63, 3.8) is 0 Å². The minimum absolute atomic E-state index is 0.0420. The number of nitrogens with one attached hydrogen (secondary N) is 3. The van der Waals surface area contributed by atoms with E-state index >= 15 is 0 Å². The van der Waals surface area contributed by atoms with E-state index in [2.05, 4.69) is 32.9 Å². The lowest BCUT2D eigenvalue weighted by Crippen LogP contribution is -2.49. The number of imidazole rings is 1. The smallest absolute Gasteiger partial charge is 0.225 e. The first kappa shape index (κ1) is 32.6. The summed E-state index contributed by atoms with van der Waals surface area (Å²) in [4.78, 5) is 46.8. The Hall–Kier alpha value is -3.91. The number of halogens is 2. The maximum Gasteiger partial charge on any atom is 0.225 e. The van der Waals surface area contributed by atoms with Crippen molar-refractivity contribution in [2.24, 2.45) is 11.8 Å². The average molecular weight is 665 g/mol. The molecule has 14 heteroatoms. The zero-order chi connectivity index (χ0) is 33.2. The maximum absolute atomic E-state index is 14.8. The summed E-state index contributed by atoms with van der Waals surface area (Å²) in [7, 11) is 2.09. The fraction of sp³-hybridized carbons (Fsp3) is 0.618. The van der Waals surface area contributed by atoms with E-state index in [0.717, 1.165) is 78.0 Å². The highest BCUT2D eigenvalue weighted by atomic mass is 19.1. The molecule has 7 rings (SSSR count). The second-order valence-electron chi connectivity index (χ2n) is 13.8. The number of likely N-dealkylation sites (N-methyl/N-ethyl adjacent to an activating group) is 1. The van der Waals surface area contributed by atoms with Gasteiger partial charge in [0.1, 0.15) is 22.8 Å². The zero-order valence-electron chi connectivity index (χ0n) is 27.6. The van der Waals surface area contributed by atoms with Crippen LogP contribution in [0.15, 0.2) is 24.4 Å². The summed E-state index contributed by atoms with van der Waals surface area (Å²) in [5, 5.41) is 9.71. The first-order valence-corrected chi connectivity index (χ1v) is 17.5. The predicted octanol–water partition coefficient (Wildman–Crippen LogP) is 3.76. The van der Waals surface area contributed by atoms with Gasteiger partial charge in [-0.3, -0.25) is 14.2 Å². The van der Waals surface area contributed by atoms with Crippen LogP contribution < -0.4 is 16.0 Å². The van der Waals surface area contributed by atoms with Crippen LogP contribution in [0.3, 0.4) is 0 Å². The summed E-state index contributed by atoms with van der Waals surface area (Å²) < 4.78 is 31.4. The summed E-state index contributed by atoms with van der Waals surface area (Å²) >= 11 is 0. The fourth-order valence-corrected chi connectivity index (χ4v) is 7.80. The maximum atomic E-state index is 14.8. The molecule has 4 aliphatic rings. The number of nitrogens with zero attached hydrogens (tertiary/aromatic N) is 7. The van der Waals surface area contributed by atoms with Crippen LogP contribution in [0.2, 0.25) is 0 Å². The predicted molar refractivity (Wildman–Crippen MR) is 179 cm³/mol. The van der Waals surface area contributed by atoms with Gasteiger partial charge in [-0.05, 0) is 70.5 Å². The fourth-order valence-electron chi connectivity index (χ4n) is 7.80. The number of para-hydroxylation sites is 1. The van der Waals surface area contributed by atoms with Crippen LogP contribution in [-0.4, -0.2) is 111 Å². The lowest BCUT2D eigenvalue weighted by Gasteiger charge is -2.36. The Morgan fingerprint density at radius 3 is 2.06 bits per heavy atom. The summed E-state index contributed by atoms with van der Waals surface area (Å²) in [6.45, 7) is 6.52. The lowest BCUT2D eigenvalue weighted by molar-refractivity contribution is -0.138. The molecule has 2 amide bonds. The van der Waals surface area contributed by atoms with Crippen molar-refractivity contribution in [2.75, 3.05) is 70.0 Å². The van der Waals surface area contributed by atoms with Crippen LogP contribution in [0, 0.1) is 23.5 Å². The first-order valence-electron chi connectivity index (χ1n) is 17.5. The Balaban J connectivity index is 1.08. The monoisotopic (exact) mass is 664 g/mol. The first-order chi connectivity index (χ1) is 23.3. The number of anilines is 3. The van der Waals surface area contributed by atoms with E-state index in [4.69, 9.17) is 9.97 Å². The Morgan fingerprint density at radius 1 is 0.812 bits per heavy atom. The van der Waals surface area contributed by atoms with Crippen LogP contribution in [-0.2, 0) is 9.59 Å². The van der Waals surface area contributed by atoms with Crippen molar-refractivity contribution in [2.45, 2.75) is 63.5 Å². The van der Waals surface area contributed by atoms with E-state index in [1.54, 1.807) is 6.20 Å². The van der Waals surface area contributed by atoms with Gasteiger partial charge >= 0.3 is 0 Å². The molecule has 0 unspecified atom stereocenters.